The Hall–Kier alpha value is -0.360. The highest BCUT2D eigenvalue weighted by Gasteiger charge is 2.38. The summed E-state index contributed by atoms with van der Waals surface area (Å²) in [4.78, 5) is 4.62. The Morgan fingerprint density at radius 1 is 1.47 bits per heavy atom. The van der Waals surface area contributed by atoms with Crippen molar-refractivity contribution in [3.8, 4) is 0 Å². The molecule has 19 heavy (non-hydrogen) atoms. The maximum Gasteiger partial charge on any atom is 0.138 e. The zero-order valence-corrected chi connectivity index (χ0v) is 13.6. The molecule has 0 spiro atoms. The Morgan fingerprint density at radius 2 is 2.21 bits per heavy atom. The first-order valence-corrected chi connectivity index (χ1v) is 8.04. The molecule has 1 aromatic heterocycles. The largest absolute Gasteiger partial charge is 0.327 e. The van der Waals surface area contributed by atoms with Crippen molar-refractivity contribution in [1.29, 1.82) is 0 Å². The van der Waals surface area contributed by atoms with E-state index < -0.39 is 0 Å². The number of aromatic nitrogens is 2. The van der Waals surface area contributed by atoms with Gasteiger partial charge in [0.25, 0.3) is 0 Å². The Kier molecular flexibility index (Phi) is 3.50. The first-order chi connectivity index (χ1) is 9.02. The van der Waals surface area contributed by atoms with E-state index in [0.29, 0.717) is 14.9 Å². The van der Waals surface area contributed by atoms with Gasteiger partial charge in [-0.25, -0.2) is 9.37 Å². The molecule has 0 aliphatic heterocycles. The normalized spacial score (nSPS) is 17.1. The van der Waals surface area contributed by atoms with Crippen LogP contribution in [0.5, 0.6) is 0 Å². The SMILES string of the molecule is CC1(Cn2c(CCCl)nc3cc(I)c(F)cc32)CC1. The smallest absolute Gasteiger partial charge is 0.138 e. The molecular weight excluding hydrogens is 378 g/mol. The van der Waals surface area contributed by atoms with Crippen LogP contribution in [0, 0.1) is 14.8 Å². The predicted molar refractivity (Wildman–Crippen MR) is 84.2 cm³/mol. The van der Waals surface area contributed by atoms with Crippen molar-refractivity contribution < 1.29 is 4.39 Å². The van der Waals surface area contributed by atoms with E-state index in [0.717, 1.165) is 29.8 Å². The molecule has 0 saturated heterocycles. The highest BCUT2D eigenvalue weighted by molar-refractivity contribution is 14.1. The average molecular weight is 393 g/mol. The lowest BCUT2D eigenvalue weighted by molar-refractivity contribution is 0.462. The van der Waals surface area contributed by atoms with Gasteiger partial charge in [-0.3, -0.25) is 0 Å². The summed E-state index contributed by atoms with van der Waals surface area (Å²) >= 11 is 7.86. The van der Waals surface area contributed by atoms with E-state index in [1.165, 1.54) is 12.8 Å². The molecule has 0 unspecified atom stereocenters. The van der Waals surface area contributed by atoms with Crippen LogP contribution in [0.1, 0.15) is 25.6 Å². The zero-order valence-electron chi connectivity index (χ0n) is 10.7. The third kappa shape index (κ3) is 2.61. The number of aryl methyl sites for hydroxylation is 1. The number of hydrogen-bond acceptors (Lipinski definition) is 1. The molecule has 3 rings (SSSR count). The summed E-state index contributed by atoms with van der Waals surface area (Å²) < 4.78 is 16.6. The Labute approximate surface area is 130 Å². The highest BCUT2D eigenvalue weighted by atomic mass is 127. The number of rotatable bonds is 4. The standard InChI is InChI=1S/C14H15ClFIN2/c1-14(3-4-14)8-19-12-6-9(16)10(17)7-11(12)18-13(19)2-5-15/h6-7H,2-5,8H2,1H3. The van der Waals surface area contributed by atoms with Crippen LogP contribution in [-0.4, -0.2) is 15.4 Å². The summed E-state index contributed by atoms with van der Waals surface area (Å²) in [6.45, 7) is 3.18. The summed E-state index contributed by atoms with van der Waals surface area (Å²) in [5.74, 6) is 1.34. The van der Waals surface area contributed by atoms with Gasteiger partial charge in [0.05, 0.1) is 14.6 Å². The van der Waals surface area contributed by atoms with Gasteiger partial charge >= 0.3 is 0 Å². The van der Waals surface area contributed by atoms with Crippen LogP contribution in [0.3, 0.4) is 0 Å². The second kappa shape index (κ2) is 4.88. The molecule has 0 atom stereocenters. The number of nitrogens with zero attached hydrogens (tertiary/aromatic N) is 2. The first kappa shape index (κ1) is 13.6. The van der Waals surface area contributed by atoms with Gasteiger partial charge in [-0.2, -0.15) is 0 Å². The molecule has 1 aliphatic rings. The van der Waals surface area contributed by atoms with Gasteiger partial charge < -0.3 is 4.57 Å². The number of benzene rings is 1. The van der Waals surface area contributed by atoms with E-state index in [4.69, 9.17) is 11.6 Å². The maximum atomic E-state index is 13.8. The minimum absolute atomic E-state index is 0.173. The molecule has 1 heterocycles. The second-order valence-corrected chi connectivity index (χ2v) is 7.16. The first-order valence-electron chi connectivity index (χ1n) is 6.42. The van der Waals surface area contributed by atoms with Crippen molar-refractivity contribution in [2.75, 3.05) is 5.88 Å². The van der Waals surface area contributed by atoms with Crippen LogP contribution < -0.4 is 0 Å². The van der Waals surface area contributed by atoms with Gasteiger partial charge in [-0.1, -0.05) is 6.92 Å². The molecule has 0 bridgehead atoms. The van der Waals surface area contributed by atoms with Gasteiger partial charge in [-0.15, -0.1) is 11.6 Å². The Morgan fingerprint density at radius 3 is 2.84 bits per heavy atom. The molecule has 1 fully saturated rings. The third-order valence-electron chi connectivity index (χ3n) is 3.83. The number of halogens is 3. The number of hydrogen-bond donors (Lipinski definition) is 0. The van der Waals surface area contributed by atoms with Crippen molar-refractivity contribution in [3.05, 3.63) is 27.3 Å². The zero-order chi connectivity index (χ0) is 13.6. The molecule has 0 N–H and O–H groups in total. The fraction of sp³-hybridized carbons (Fsp3) is 0.500. The summed E-state index contributed by atoms with van der Waals surface area (Å²) in [5, 5.41) is 0. The van der Waals surface area contributed by atoms with Gasteiger partial charge in [-0.05, 0) is 46.9 Å². The van der Waals surface area contributed by atoms with Crippen LogP contribution in [-0.2, 0) is 13.0 Å². The van der Waals surface area contributed by atoms with Gasteiger partial charge in [0.1, 0.15) is 11.6 Å². The van der Waals surface area contributed by atoms with E-state index in [2.05, 4.69) is 16.5 Å². The number of fused-ring (bicyclic) bond motifs is 1. The second-order valence-electron chi connectivity index (χ2n) is 5.62. The minimum atomic E-state index is -0.173. The lowest BCUT2D eigenvalue weighted by Crippen LogP contribution is -2.12. The van der Waals surface area contributed by atoms with Crippen LogP contribution in [0.25, 0.3) is 11.0 Å². The third-order valence-corrected chi connectivity index (χ3v) is 4.85. The van der Waals surface area contributed by atoms with Gasteiger partial charge in [0.15, 0.2) is 0 Å². The molecule has 102 valence electrons. The molecule has 0 radical (unpaired) electrons. The molecular formula is C14H15ClFIN2. The summed E-state index contributed by atoms with van der Waals surface area (Å²) in [6.07, 6.45) is 3.20. The van der Waals surface area contributed by atoms with Crippen molar-refractivity contribution in [3.63, 3.8) is 0 Å². The van der Waals surface area contributed by atoms with Crippen molar-refractivity contribution in [2.24, 2.45) is 5.41 Å². The predicted octanol–water partition coefficient (Wildman–Crippen LogP) is 4.36. The van der Waals surface area contributed by atoms with E-state index in [-0.39, 0.29) is 5.82 Å². The molecule has 1 aliphatic carbocycles. The van der Waals surface area contributed by atoms with Crippen LogP contribution in [0.2, 0.25) is 0 Å². The van der Waals surface area contributed by atoms with Gasteiger partial charge in [0.2, 0.25) is 0 Å². The number of imidazole rings is 1. The van der Waals surface area contributed by atoms with Crippen molar-refractivity contribution in [1.82, 2.24) is 9.55 Å². The summed E-state index contributed by atoms with van der Waals surface area (Å²) in [6, 6.07) is 3.42. The molecule has 2 nitrogen and oxygen atoms in total. The molecule has 1 aromatic carbocycles. The van der Waals surface area contributed by atoms with Crippen LogP contribution >= 0.6 is 34.2 Å². The quantitative estimate of drug-likeness (QED) is 0.558. The Bertz CT molecular complexity index is 634. The lowest BCUT2D eigenvalue weighted by atomic mass is 10.1. The van der Waals surface area contributed by atoms with E-state index in [1.54, 1.807) is 6.07 Å². The molecule has 2 aromatic rings. The highest BCUT2D eigenvalue weighted by Crippen LogP contribution is 2.47. The van der Waals surface area contributed by atoms with Crippen molar-refractivity contribution in [2.45, 2.75) is 32.7 Å². The molecule has 1 saturated carbocycles. The maximum absolute atomic E-state index is 13.8. The van der Waals surface area contributed by atoms with E-state index in [1.807, 2.05) is 28.7 Å². The monoisotopic (exact) mass is 392 g/mol. The molecule has 5 heteroatoms. The van der Waals surface area contributed by atoms with Crippen LogP contribution in [0.4, 0.5) is 4.39 Å². The fourth-order valence-electron chi connectivity index (χ4n) is 2.38. The Balaban J connectivity index is 2.13. The summed E-state index contributed by atoms with van der Waals surface area (Å²) in [5.41, 5.74) is 2.12. The molecule has 0 amide bonds. The van der Waals surface area contributed by atoms with Crippen molar-refractivity contribution >= 4 is 45.2 Å². The van der Waals surface area contributed by atoms with Gasteiger partial charge in [0, 0.05) is 24.9 Å². The topological polar surface area (TPSA) is 17.8 Å². The lowest BCUT2D eigenvalue weighted by Gasteiger charge is -2.13. The van der Waals surface area contributed by atoms with E-state index in [9.17, 15) is 4.39 Å². The number of alkyl halides is 1. The minimum Gasteiger partial charge on any atom is -0.327 e. The fourth-order valence-corrected chi connectivity index (χ4v) is 2.99. The van der Waals surface area contributed by atoms with E-state index >= 15 is 0 Å². The van der Waals surface area contributed by atoms with Crippen LogP contribution in [0.15, 0.2) is 12.1 Å². The average Bonchev–Trinajstić information content (AvgIpc) is 3.00. The summed E-state index contributed by atoms with van der Waals surface area (Å²) in [7, 11) is 0.